The van der Waals surface area contributed by atoms with E-state index < -0.39 is 24.2 Å². The van der Waals surface area contributed by atoms with Crippen molar-refractivity contribution in [3.8, 4) is 34.5 Å². The topological polar surface area (TPSA) is 151 Å². The highest BCUT2D eigenvalue weighted by Gasteiger charge is 2.41. The van der Waals surface area contributed by atoms with Gasteiger partial charge in [-0.3, -0.25) is 0 Å². The zero-order valence-electron chi connectivity index (χ0n) is 18.9. The second-order valence-electron chi connectivity index (χ2n) is 8.82. The number of phenolic OH excluding ortho intramolecular Hbond substituents is 5. The van der Waals surface area contributed by atoms with Gasteiger partial charge in [0.1, 0.15) is 52.8 Å². The molecule has 4 aromatic rings. The molecule has 0 bridgehead atoms. The standard InChI is InChI=1S/C28H24O8/c29-17-5-1-14(2-6-17)26(34)27(35)22-12-21(33)13-23-25(22)24(16-9-19(31)11-20(32)10-16)28(36-23)15-3-7-18(30)8-4-15/h1-13,24,26-35H. The summed E-state index contributed by atoms with van der Waals surface area (Å²) in [7, 11) is 0. The number of aromatic hydroxyl groups is 5. The molecule has 184 valence electrons. The molecular formula is C28H24O8. The molecule has 1 aliphatic heterocycles. The zero-order chi connectivity index (χ0) is 25.6. The van der Waals surface area contributed by atoms with Gasteiger partial charge in [-0.15, -0.1) is 0 Å². The maximum Gasteiger partial charge on any atom is 0.135 e. The summed E-state index contributed by atoms with van der Waals surface area (Å²) in [5.74, 6) is -0.878. The van der Waals surface area contributed by atoms with E-state index in [4.69, 9.17) is 4.74 Å². The molecule has 0 saturated carbocycles. The molecule has 7 N–H and O–H groups in total. The highest BCUT2D eigenvalue weighted by Crippen LogP contribution is 2.54. The van der Waals surface area contributed by atoms with Crippen molar-refractivity contribution in [3.05, 3.63) is 107 Å². The Morgan fingerprint density at radius 2 is 1.11 bits per heavy atom. The number of hydrogen-bond donors (Lipinski definition) is 7. The van der Waals surface area contributed by atoms with E-state index in [9.17, 15) is 35.7 Å². The monoisotopic (exact) mass is 488 g/mol. The third-order valence-electron chi connectivity index (χ3n) is 6.38. The predicted octanol–water partition coefficient (Wildman–Crippen LogP) is 4.25. The summed E-state index contributed by atoms with van der Waals surface area (Å²) in [6.45, 7) is 0. The van der Waals surface area contributed by atoms with Crippen LogP contribution in [0.1, 0.15) is 52.0 Å². The number of ether oxygens (including phenoxy) is 1. The van der Waals surface area contributed by atoms with Crippen LogP contribution >= 0.6 is 0 Å². The number of hydrogen-bond acceptors (Lipinski definition) is 8. The summed E-state index contributed by atoms with van der Waals surface area (Å²) in [6.07, 6.45) is -3.60. The van der Waals surface area contributed by atoms with Crippen molar-refractivity contribution in [2.24, 2.45) is 0 Å². The Kier molecular flexibility index (Phi) is 5.83. The molecule has 0 saturated heterocycles. The summed E-state index contributed by atoms with van der Waals surface area (Å²) in [5, 5.41) is 72.3. The number of rotatable bonds is 5. The molecule has 8 nitrogen and oxygen atoms in total. The summed E-state index contributed by atoms with van der Waals surface area (Å²) in [6, 6.07) is 18.9. The fourth-order valence-corrected chi connectivity index (χ4v) is 4.75. The van der Waals surface area contributed by atoms with E-state index in [-0.39, 0.29) is 40.1 Å². The van der Waals surface area contributed by atoms with Crippen LogP contribution in [0.15, 0.2) is 78.9 Å². The smallest absolute Gasteiger partial charge is 0.135 e. The van der Waals surface area contributed by atoms with E-state index >= 15 is 0 Å². The van der Waals surface area contributed by atoms with Crippen molar-refractivity contribution in [2.75, 3.05) is 0 Å². The van der Waals surface area contributed by atoms with Gasteiger partial charge in [-0.1, -0.05) is 24.3 Å². The van der Waals surface area contributed by atoms with Gasteiger partial charge in [-0.05, 0) is 64.7 Å². The van der Waals surface area contributed by atoms with Gasteiger partial charge >= 0.3 is 0 Å². The van der Waals surface area contributed by atoms with E-state index in [1.807, 2.05) is 0 Å². The van der Waals surface area contributed by atoms with Crippen molar-refractivity contribution in [1.82, 2.24) is 0 Å². The number of aliphatic hydroxyl groups is 2. The van der Waals surface area contributed by atoms with E-state index in [1.165, 1.54) is 66.7 Å². The molecule has 0 aliphatic carbocycles. The van der Waals surface area contributed by atoms with Gasteiger partial charge < -0.3 is 40.5 Å². The minimum Gasteiger partial charge on any atom is -0.508 e. The van der Waals surface area contributed by atoms with Crippen LogP contribution in [-0.2, 0) is 0 Å². The van der Waals surface area contributed by atoms with Crippen molar-refractivity contribution < 1.29 is 40.5 Å². The Morgan fingerprint density at radius 3 is 1.72 bits per heavy atom. The van der Waals surface area contributed by atoms with Crippen LogP contribution in [0.2, 0.25) is 0 Å². The molecule has 0 spiro atoms. The lowest BCUT2D eigenvalue weighted by Crippen LogP contribution is -2.15. The molecule has 0 radical (unpaired) electrons. The van der Waals surface area contributed by atoms with Crippen LogP contribution in [0.4, 0.5) is 0 Å². The molecule has 0 aromatic heterocycles. The normalized spacial score (nSPS) is 18.3. The van der Waals surface area contributed by atoms with E-state index in [1.54, 1.807) is 12.1 Å². The van der Waals surface area contributed by atoms with Gasteiger partial charge in [0.2, 0.25) is 0 Å². The molecule has 4 unspecified atom stereocenters. The lowest BCUT2D eigenvalue weighted by atomic mass is 9.80. The molecule has 1 aliphatic rings. The molecule has 0 fully saturated rings. The SMILES string of the molecule is Oc1ccc(C(O)C(O)c2cc(O)cc3c2C(c2cc(O)cc(O)c2)C(c2ccc(O)cc2)O3)cc1. The maximum atomic E-state index is 11.3. The number of fused-ring (bicyclic) bond motifs is 1. The van der Waals surface area contributed by atoms with Crippen molar-refractivity contribution >= 4 is 0 Å². The quantitative estimate of drug-likeness (QED) is 0.220. The Balaban J connectivity index is 1.67. The highest BCUT2D eigenvalue weighted by molar-refractivity contribution is 5.58. The first-order valence-corrected chi connectivity index (χ1v) is 11.2. The molecule has 1 heterocycles. The van der Waals surface area contributed by atoms with Crippen LogP contribution in [0.5, 0.6) is 34.5 Å². The highest BCUT2D eigenvalue weighted by atomic mass is 16.5. The van der Waals surface area contributed by atoms with Gasteiger partial charge in [-0.2, -0.15) is 0 Å². The predicted molar refractivity (Wildman–Crippen MR) is 129 cm³/mol. The average molecular weight is 488 g/mol. The van der Waals surface area contributed by atoms with Crippen LogP contribution in [-0.4, -0.2) is 35.7 Å². The maximum absolute atomic E-state index is 11.3. The van der Waals surface area contributed by atoms with E-state index in [0.717, 1.165) is 0 Å². The Hall–Kier alpha value is -4.40. The first-order valence-electron chi connectivity index (χ1n) is 11.2. The van der Waals surface area contributed by atoms with Gasteiger partial charge in [0.05, 0.1) is 5.92 Å². The van der Waals surface area contributed by atoms with Crippen LogP contribution < -0.4 is 4.74 Å². The molecular weight excluding hydrogens is 464 g/mol. The van der Waals surface area contributed by atoms with Crippen LogP contribution in [0.3, 0.4) is 0 Å². The van der Waals surface area contributed by atoms with Crippen molar-refractivity contribution in [3.63, 3.8) is 0 Å². The average Bonchev–Trinajstić information content (AvgIpc) is 3.22. The third kappa shape index (κ3) is 4.24. The van der Waals surface area contributed by atoms with E-state index in [0.29, 0.717) is 22.3 Å². The van der Waals surface area contributed by atoms with Gasteiger partial charge in [0.25, 0.3) is 0 Å². The molecule has 0 amide bonds. The van der Waals surface area contributed by atoms with Crippen molar-refractivity contribution in [2.45, 2.75) is 24.2 Å². The summed E-state index contributed by atoms with van der Waals surface area (Å²) in [5.41, 5.74) is 2.14. The van der Waals surface area contributed by atoms with Gasteiger partial charge in [0.15, 0.2) is 0 Å². The fourth-order valence-electron chi connectivity index (χ4n) is 4.75. The summed E-state index contributed by atoms with van der Waals surface area (Å²) >= 11 is 0. The molecule has 5 rings (SSSR count). The first-order chi connectivity index (χ1) is 17.2. The molecule has 4 atom stereocenters. The largest absolute Gasteiger partial charge is 0.508 e. The number of aliphatic hydroxyl groups excluding tert-OH is 2. The van der Waals surface area contributed by atoms with Crippen LogP contribution in [0.25, 0.3) is 0 Å². The second-order valence-corrected chi connectivity index (χ2v) is 8.82. The second kappa shape index (κ2) is 8.99. The Morgan fingerprint density at radius 1 is 0.556 bits per heavy atom. The fraction of sp³-hybridized carbons (Fsp3) is 0.143. The van der Waals surface area contributed by atoms with Gasteiger partial charge in [0, 0.05) is 17.7 Å². The minimum absolute atomic E-state index is 0.00702. The first kappa shape index (κ1) is 23.3. The summed E-state index contributed by atoms with van der Waals surface area (Å²) in [4.78, 5) is 0. The molecule has 4 aromatic carbocycles. The minimum atomic E-state index is -1.49. The zero-order valence-corrected chi connectivity index (χ0v) is 18.9. The van der Waals surface area contributed by atoms with E-state index in [2.05, 4.69) is 0 Å². The Labute approximate surface area is 206 Å². The molecule has 36 heavy (non-hydrogen) atoms. The number of benzene rings is 4. The summed E-state index contributed by atoms with van der Waals surface area (Å²) < 4.78 is 6.22. The van der Waals surface area contributed by atoms with Crippen LogP contribution in [0, 0.1) is 0 Å². The molecule has 8 heteroatoms. The number of phenols is 5. The Bertz CT molecular complexity index is 1380. The van der Waals surface area contributed by atoms with Crippen molar-refractivity contribution in [1.29, 1.82) is 0 Å². The lowest BCUT2D eigenvalue weighted by Gasteiger charge is -2.25. The third-order valence-corrected chi connectivity index (χ3v) is 6.38. The lowest BCUT2D eigenvalue weighted by molar-refractivity contribution is 0.0165. The van der Waals surface area contributed by atoms with Gasteiger partial charge in [-0.25, -0.2) is 0 Å².